The molecule has 1 aliphatic heterocycles. The van der Waals surface area contributed by atoms with Crippen LogP contribution in [0.3, 0.4) is 0 Å². The number of nitrogens with one attached hydrogen (secondary N) is 2. The van der Waals surface area contributed by atoms with E-state index in [0.717, 1.165) is 17.7 Å². The van der Waals surface area contributed by atoms with Crippen molar-refractivity contribution in [3.63, 3.8) is 0 Å². The van der Waals surface area contributed by atoms with E-state index in [4.69, 9.17) is 23.2 Å². The molecule has 2 N–H and O–H groups in total. The largest absolute Gasteiger partial charge is 0.382 e. The Morgan fingerprint density at radius 1 is 1.18 bits per heavy atom. The molecule has 2 aromatic carbocycles. The zero-order valence-corrected chi connectivity index (χ0v) is 14.1. The molecule has 1 aliphatic rings. The summed E-state index contributed by atoms with van der Waals surface area (Å²) in [4.78, 5) is 0.216. The van der Waals surface area contributed by atoms with Crippen molar-refractivity contribution in [1.29, 1.82) is 0 Å². The van der Waals surface area contributed by atoms with Crippen molar-refractivity contribution in [1.82, 2.24) is 0 Å². The van der Waals surface area contributed by atoms with Crippen LogP contribution in [0.15, 0.2) is 41.3 Å². The molecule has 1 atom stereocenters. The van der Waals surface area contributed by atoms with Gasteiger partial charge in [-0.2, -0.15) is 0 Å². The third kappa shape index (κ3) is 3.02. The maximum Gasteiger partial charge on any atom is 0.261 e. The molecule has 116 valence electrons. The summed E-state index contributed by atoms with van der Waals surface area (Å²) < 4.78 is 27.5. The molecule has 0 saturated carbocycles. The minimum atomic E-state index is -3.69. The molecule has 2 aromatic rings. The van der Waals surface area contributed by atoms with Crippen LogP contribution in [0.25, 0.3) is 0 Å². The van der Waals surface area contributed by atoms with Gasteiger partial charge in [0.25, 0.3) is 10.0 Å². The minimum absolute atomic E-state index is 0.216. The van der Waals surface area contributed by atoms with E-state index in [1.165, 1.54) is 6.07 Å². The third-order valence-corrected chi connectivity index (χ3v) is 5.40. The van der Waals surface area contributed by atoms with Crippen LogP contribution in [-0.4, -0.2) is 14.5 Å². The van der Waals surface area contributed by atoms with Crippen molar-refractivity contribution in [2.24, 2.45) is 0 Å². The monoisotopic (exact) mass is 356 g/mol. The van der Waals surface area contributed by atoms with Crippen molar-refractivity contribution in [3.8, 4) is 0 Å². The van der Waals surface area contributed by atoms with E-state index in [-0.39, 0.29) is 9.92 Å². The van der Waals surface area contributed by atoms with Crippen LogP contribution in [0, 0.1) is 0 Å². The number of hydrogen-bond acceptors (Lipinski definition) is 3. The van der Waals surface area contributed by atoms with Gasteiger partial charge in [-0.3, -0.25) is 4.72 Å². The first-order valence-corrected chi connectivity index (χ1v) is 8.96. The van der Waals surface area contributed by atoms with Gasteiger partial charge in [0, 0.05) is 16.8 Å². The van der Waals surface area contributed by atoms with Crippen molar-refractivity contribution < 1.29 is 8.42 Å². The van der Waals surface area contributed by atoms with E-state index in [9.17, 15) is 8.42 Å². The molecule has 0 saturated heterocycles. The number of hydrogen-bond donors (Lipinski definition) is 2. The van der Waals surface area contributed by atoms with Crippen LogP contribution < -0.4 is 10.0 Å². The topological polar surface area (TPSA) is 58.2 Å². The Kier molecular flexibility index (Phi) is 3.97. The lowest BCUT2D eigenvalue weighted by Gasteiger charge is -2.11. The van der Waals surface area contributed by atoms with Crippen molar-refractivity contribution in [3.05, 3.63) is 52.0 Å². The van der Waals surface area contributed by atoms with Gasteiger partial charge in [-0.1, -0.05) is 23.2 Å². The van der Waals surface area contributed by atoms with E-state index in [1.807, 2.05) is 0 Å². The lowest BCUT2D eigenvalue weighted by atomic mass is 10.1. The molecule has 0 bridgehead atoms. The van der Waals surface area contributed by atoms with Crippen molar-refractivity contribution >= 4 is 44.6 Å². The number of anilines is 2. The molecular formula is C15H14Cl2N2O2S. The summed E-state index contributed by atoms with van der Waals surface area (Å²) in [5.41, 5.74) is 2.28. The van der Waals surface area contributed by atoms with Gasteiger partial charge in [0.15, 0.2) is 0 Å². The minimum Gasteiger partial charge on any atom is -0.382 e. The van der Waals surface area contributed by atoms with Crippen LogP contribution >= 0.6 is 23.2 Å². The summed E-state index contributed by atoms with van der Waals surface area (Å²) in [5.74, 6) is 0. The molecule has 7 heteroatoms. The summed E-state index contributed by atoms with van der Waals surface area (Å²) in [6.45, 7) is 2.06. The lowest BCUT2D eigenvalue weighted by Crippen LogP contribution is -2.13. The Hall–Kier alpha value is -1.43. The van der Waals surface area contributed by atoms with E-state index in [0.29, 0.717) is 16.8 Å². The molecule has 1 heterocycles. The smallest absolute Gasteiger partial charge is 0.261 e. The molecule has 0 radical (unpaired) electrons. The SMILES string of the molecule is C[C@H]1Cc2cc(S(=O)(=O)Nc3ccc(Cl)cc3Cl)ccc2N1. The second-order valence-electron chi connectivity index (χ2n) is 5.30. The highest BCUT2D eigenvalue weighted by Gasteiger charge is 2.21. The van der Waals surface area contributed by atoms with Gasteiger partial charge in [0.1, 0.15) is 0 Å². The van der Waals surface area contributed by atoms with Crippen molar-refractivity contribution in [2.75, 3.05) is 10.0 Å². The van der Waals surface area contributed by atoms with E-state index < -0.39 is 10.0 Å². The quantitative estimate of drug-likeness (QED) is 0.868. The predicted molar refractivity (Wildman–Crippen MR) is 90.5 cm³/mol. The summed E-state index contributed by atoms with van der Waals surface area (Å²) in [5, 5.41) is 4.00. The second kappa shape index (κ2) is 5.65. The number of fused-ring (bicyclic) bond motifs is 1. The highest BCUT2D eigenvalue weighted by Crippen LogP contribution is 2.31. The summed E-state index contributed by atoms with van der Waals surface area (Å²) in [7, 11) is -3.69. The third-order valence-electron chi connectivity index (χ3n) is 3.49. The first-order chi connectivity index (χ1) is 10.3. The number of rotatable bonds is 3. The predicted octanol–water partition coefficient (Wildman–Crippen LogP) is 4.15. The highest BCUT2D eigenvalue weighted by molar-refractivity contribution is 7.92. The lowest BCUT2D eigenvalue weighted by molar-refractivity contribution is 0.601. The van der Waals surface area contributed by atoms with Crippen LogP contribution in [-0.2, 0) is 16.4 Å². The number of sulfonamides is 1. The van der Waals surface area contributed by atoms with Gasteiger partial charge >= 0.3 is 0 Å². The van der Waals surface area contributed by atoms with Gasteiger partial charge in [0.2, 0.25) is 0 Å². The molecule has 0 spiro atoms. The van der Waals surface area contributed by atoms with Crippen LogP contribution in [0.1, 0.15) is 12.5 Å². The first kappa shape index (κ1) is 15.5. The normalized spacial score (nSPS) is 17.0. The van der Waals surface area contributed by atoms with Crippen molar-refractivity contribution in [2.45, 2.75) is 24.3 Å². The van der Waals surface area contributed by atoms with Crippen LogP contribution in [0.4, 0.5) is 11.4 Å². The van der Waals surface area contributed by atoms with E-state index in [1.54, 1.807) is 30.3 Å². The maximum absolute atomic E-state index is 12.5. The molecule has 22 heavy (non-hydrogen) atoms. The Balaban J connectivity index is 1.92. The fourth-order valence-corrected chi connectivity index (χ4v) is 4.11. The van der Waals surface area contributed by atoms with Crippen LogP contribution in [0.5, 0.6) is 0 Å². The molecule has 0 aromatic heterocycles. The Morgan fingerprint density at radius 2 is 1.95 bits per heavy atom. The van der Waals surface area contributed by atoms with Gasteiger partial charge in [0.05, 0.1) is 15.6 Å². The molecular weight excluding hydrogens is 343 g/mol. The standard InChI is InChI=1S/C15H14Cl2N2O2S/c1-9-6-10-7-12(3-5-14(10)18-9)22(20,21)19-15-4-2-11(16)8-13(15)17/h2-5,7-9,18-19H,6H2,1H3/t9-/m0/s1. The number of halogens is 2. The Bertz CT molecular complexity index is 837. The fourth-order valence-electron chi connectivity index (χ4n) is 2.47. The molecule has 4 nitrogen and oxygen atoms in total. The van der Waals surface area contributed by atoms with E-state index >= 15 is 0 Å². The van der Waals surface area contributed by atoms with Crippen LogP contribution in [0.2, 0.25) is 10.0 Å². The summed E-state index contributed by atoms with van der Waals surface area (Å²) >= 11 is 11.8. The maximum atomic E-state index is 12.5. The number of benzene rings is 2. The highest BCUT2D eigenvalue weighted by atomic mass is 35.5. The molecule has 3 rings (SSSR count). The first-order valence-electron chi connectivity index (χ1n) is 6.72. The van der Waals surface area contributed by atoms with E-state index in [2.05, 4.69) is 17.0 Å². The van der Waals surface area contributed by atoms with Gasteiger partial charge < -0.3 is 5.32 Å². The Morgan fingerprint density at radius 3 is 2.68 bits per heavy atom. The van der Waals surface area contributed by atoms with Gasteiger partial charge in [-0.25, -0.2) is 8.42 Å². The molecule has 0 amide bonds. The van der Waals surface area contributed by atoms with Gasteiger partial charge in [-0.15, -0.1) is 0 Å². The van der Waals surface area contributed by atoms with Gasteiger partial charge in [-0.05, 0) is 55.3 Å². The summed E-state index contributed by atoms with van der Waals surface area (Å²) in [6.07, 6.45) is 0.806. The average Bonchev–Trinajstić information content (AvgIpc) is 2.81. The molecule has 0 unspecified atom stereocenters. The zero-order valence-electron chi connectivity index (χ0n) is 11.7. The molecule has 0 fully saturated rings. The molecule has 0 aliphatic carbocycles. The fraction of sp³-hybridized carbons (Fsp3) is 0.200. The zero-order chi connectivity index (χ0) is 15.9. The summed E-state index contributed by atoms with van der Waals surface area (Å²) in [6, 6.07) is 9.99. The second-order valence-corrected chi connectivity index (χ2v) is 7.82. The Labute approximate surface area is 139 Å². The average molecular weight is 357 g/mol.